The molecule has 0 N–H and O–H groups in total. The second-order valence-electron chi connectivity index (χ2n) is 4.01. The van der Waals surface area contributed by atoms with E-state index in [0.29, 0.717) is 13.0 Å². The van der Waals surface area contributed by atoms with Gasteiger partial charge in [-0.1, -0.05) is 0 Å². The van der Waals surface area contributed by atoms with E-state index >= 15 is 0 Å². The lowest BCUT2D eigenvalue weighted by Gasteiger charge is -2.15. The zero-order valence-electron chi connectivity index (χ0n) is 10.6. The third kappa shape index (κ3) is 6.06. The van der Waals surface area contributed by atoms with Crippen LogP contribution >= 0.6 is 0 Å². The molecule has 0 saturated carbocycles. The van der Waals surface area contributed by atoms with Gasteiger partial charge in [0.25, 0.3) is 0 Å². The summed E-state index contributed by atoms with van der Waals surface area (Å²) < 4.78 is 6.93. The smallest absolute Gasteiger partial charge is 0.307 e. The molecule has 0 spiro atoms. The summed E-state index contributed by atoms with van der Waals surface area (Å²) in [6.07, 6.45) is 7.08. The number of imidazole rings is 1. The normalized spacial score (nSPS) is 10.8. The van der Waals surface area contributed by atoms with Gasteiger partial charge in [-0.3, -0.25) is 4.79 Å². The Morgan fingerprint density at radius 3 is 2.94 bits per heavy atom. The Morgan fingerprint density at radius 1 is 1.47 bits per heavy atom. The van der Waals surface area contributed by atoms with Crippen molar-refractivity contribution >= 4 is 5.97 Å². The molecule has 0 aromatic carbocycles. The third-order valence-corrected chi connectivity index (χ3v) is 2.52. The molecule has 0 aliphatic rings. The Bertz CT molecular complexity index is 312. The Kier molecular flexibility index (Phi) is 6.32. The maximum Gasteiger partial charge on any atom is 0.307 e. The molecule has 1 heterocycles. The lowest BCUT2D eigenvalue weighted by molar-refractivity contribution is -0.143. The van der Waals surface area contributed by atoms with Crippen LogP contribution in [0.2, 0.25) is 0 Å². The molecule has 0 atom stereocenters. The van der Waals surface area contributed by atoms with Crippen LogP contribution in [0, 0.1) is 0 Å². The minimum absolute atomic E-state index is 0.117. The molecule has 5 heteroatoms. The van der Waals surface area contributed by atoms with Gasteiger partial charge in [-0.25, -0.2) is 4.98 Å². The minimum atomic E-state index is -0.117. The van der Waals surface area contributed by atoms with Crippen molar-refractivity contribution in [1.29, 1.82) is 0 Å². The number of ether oxygens (including phenoxy) is 1. The summed E-state index contributed by atoms with van der Waals surface area (Å²) in [4.78, 5) is 17.3. The highest BCUT2D eigenvalue weighted by atomic mass is 16.5. The van der Waals surface area contributed by atoms with Crippen LogP contribution in [0.25, 0.3) is 0 Å². The maximum atomic E-state index is 11.1. The Hall–Kier alpha value is -1.36. The number of carbonyl (C=O) groups excluding carboxylic acids is 1. The molecule has 0 radical (unpaired) electrons. The van der Waals surface area contributed by atoms with Gasteiger partial charge < -0.3 is 14.2 Å². The van der Waals surface area contributed by atoms with E-state index in [1.54, 1.807) is 6.20 Å². The van der Waals surface area contributed by atoms with Gasteiger partial charge in [-0.15, -0.1) is 0 Å². The lowest BCUT2D eigenvalue weighted by atomic mass is 10.3. The third-order valence-electron chi connectivity index (χ3n) is 2.52. The SMILES string of the molecule is CCOC(=O)CCN(C)CCCn1ccnc1. The summed E-state index contributed by atoms with van der Waals surface area (Å²) >= 11 is 0. The first-order valence-corrected chi connectivity index (χ1v) is 6.02. The first-order chi connectivity index (χ1) is 8.22. The van der Waals surface area contributed by atoms with Crippen molar-refractivity contribution in [2.45, 2.75) is 26.3 Å². The molecular weight excluding hydrogens is 218 g/mol. The first-order valence-electron chi connectivity index (χ1n) is 6.02. The summed E-state index contributed by atoms with van der Waals surface area (Å²) in [5.41, 5.74) is 0. The molecular formula is C12H21N3O2. The second kappa shape index (κ2) is 7.84. The van der Waals surface area contributed by atoms with Crippen molar-refractivity contribution in [2.75, 3.05) is 26.7 Å². The van der Waals surface area contributed by atoms with E-state index in [2.05, 4.69) is 14.5 Å². The first kappa shape index (κ1) is 13.7. The van der Waals surface area contributed by atoms with E-state index in [0.717, 1.165) is 26.1 Å². The molecule has 1 rings (SSSR count). The van der Waals surface area contributed by atoms with Gasteiger partial charge in [0.1, 0.15) is 0 Å². The summed E-state index contributed by atoms with van der Waals surface area (Å²) in [6, 6.07) is 0. The predicted octanol–water partition coefficient (Wildman–Crippen LogP) is 1.16. The molecule has 96 valence electrons. The van der Waals surface area contributed by atoms with E-state index in [1.807, 2.05) is 26.5 Å². The van der Waals surface area contributed by atoms with Crippen molar-refractivity contribution < 1.29 is 9.53 Å². The average molecular weight is 239 g/mol. The van der Waals surface area contributed by atoms with Gasteiger partial charge in [0.2, 0.25) is 0 Å². The van der Waals surface area contributed by atoms with Crippen LogP contribution in [0.15, 0.2) is 18.7 Å². The quantitative estimate of drug-likeness (QED) is 0.639. The number of aromatic nitrogens is 2. The van der Waals surface area contributed by atoms with Gasteiger partial charge in [0, 0.05) is 25.5 Å². The summed E-state index contributed by atoms with van der Waals surface area (Å²) in [5.74, 6) is -0.117. The van der Waals surface area contributed by atoms with Crippen LogP contribution in [0.5, 0.6) is 0 Å². The van der Waals surface area contributed by atoms with Crippen molar-refractivity contribution in [3.05, 3.63) is 18.7 Å². The van der Waals surface area contributed by atoms with E-state index in [4.69, 9.17) is 4.74 Å². The Balaban J connectivity index is 2.05. The van der Waals surface area contributed by atoms with Crippen molar-refractivity contribution in [1.82, 2.24) is 14.5 Å². The minimum Gasteiger partial charge on any atom is -0.466 e. The highest BCUT2D eigenvalue weighted by molar-refractivity contribution is 5.69. The molecule has 1 aromatic heterocycles. The monoisotopic (exact) mass is 239 g/mol. The van der Waals surface area contributed by atoms with Gasteiger partial charge >= 0.3 is 5.97 Å². The molecule has 1 aromatic rings. The highest BCUT2D eigenvalue weighted by Gasteiger charge is 2.04. The van der Waals surface area contributed by atoms with Crippen LogP contribution in [-0.2, 0) is 16.1 Å². The zero-order chi connectivity index (χ0) is 12.5. The second-order valence-corrected chi connectivity index (χ2v) is 4.01. The average Bonchev–Trinajstić information content (AvgIpc) is 2.80. The van der Waals surface area contributed by atoms with Gasteiger partial charge in [-0.2, -0.15) is 0 Å². The van der Waals surface area contributed by atoms with Crippen LogP contribution in [-0.4, -0.2) is 47.2 Å². The van der Waals surface area contributed by atoms with Gasteiger partial charge in [-0.05, 0) is 26.9 Å². The number of aryl methyl sites for hydroxylation is 1. The number of rotatable bonds is 8. The number of carbonyl (C=O) groups is 1. The van der Waals surface area contributed by atoms with Gasteiger partial charge in [0.15, 0.2) is 0 Å². The Labute approximate surface area is 102 Å². The molecule has 0 amide bonds. The summed E-state index contributed by atoms with van der Waals surface area (Å²) in [5, 5.41) is 0. The van der Waals surface area contributed by atoms with Crippen LogP contribution < -0.4 is 0 Å². The van der Waals surface area contributed by atoms with E-state index < -0.39 is 0 Å². The van der Waals surface area contributed by atoms with Crippen LogP contribution in [0.3, 0.4) is 0 Å². The summed E-state index contributed by atoms with van der Waals surface area (Å²) in [6.45, 7) is 4.97. The highest BCUT2D eigenvalue weighted by Crippen LogP contribution is 1.96. The molecule has 0 fully saturated rings. The molecule has 0 aliphatic heterocycles. The number of esters is 1. The Morgan fingerprint density at radius 2 is 2.29 bits per heavy atom. The maximum absolute atomic E-state index is 11.1. The van der Waals surface area contributed by atoms with Gasteiger partial charge in [0.05, 0.1) is 19.4 Å². The standard InChI is InChI=1S/C12H21N3O2/c1-3-17-12(16)5-9-14(2)7-4-8-15-10-6-13-11-15/h6,10-11H,3-5,7-9H2,1-2H3. The fourth-order valence-corrected chi connectivity index (χ4v) is 1.57. The molecule has 5 nitrogen and oxygen atoms in total. The van der Waals surface area contributed by atoms with Crippen molar-refractivity contribution in [3.63, 3.8) is 0 Å². The van der Waals surface area contributed by atoms with Crippen LogP contribution in [0.4, 0.5) is 0 Å². The molecule has 0 bridgehead atoms. The fourth-order valence-electron chi connectivity index (χ4n) is 1.57. The van der Waals surface area contributed by atoms with E-state index in [1.165, 1.54) is 0 Å². The number of hydrogen-bond acceptors (Lipinski definition) is 4. The molecule has 0 aliphatic carbocycles. The summed E-state index contributed by atoms with van der Waals surface area (Å²) in [7, 11) is 2.02. The van der Waals surface area contributed by atoms with E-state index in [-0.39, 0.29) is 5.97 Å². The predicted molar refractivity (Wildman–Crippen MR) is 65.6 cm³/mol. The van der Waals surface area contributed by atoms with E-state index in [9.17, 15) is 4.79 Å². The zero-order valence-corrected chi connectivity index (χ0v) is 10.6. The lowest BCUT2D eigenvalue weighted by Crippen LogP contribution is -2.24. The van der Waals surface area contributed by atoms with Crippen molar-refractivity contribution in [3.8, 4) is 0 Å². The number of hydrogen-bond donors (Lipinski definition) is 0. The topological polar surface area (TPSA) is 47.4 Å². The molecule has 0 saturated heterocycles. The molecule has 17 heavy (non-hydrogen) atoms. The fraction of sp³-hybridized carbons (Fsp3) is 0.667. The van der Waals surface area contributed by atoms with Crippen molar-refractivity contribution in [2.24, 2.45) is 0 Å². The van der Waals surface area contributed by atoms with Crippen LogP contribution in [0.1, 0.15) is 19.8 Å². The molecule has 0 unspecified atom stereocenters. The largest absolute Gasteiger partial charge is 0.466 e. The number of nitrogens with zero attached hydrogens (tertiary/aromatic N) is 3.